The number of rotatable bonds is 5. The molecule has 0 saturated carbocycles. The standard InChI is InChI=1S/C9H11N5OS/c15-9(6-8-11-13-14-12-8)10-4-3-7-2-1-5-16-7/h1-2,5H,3-4,6H2,(H,10,15)(H,11,12,13,14). The second-order valence-corrected chi connectivity index (χ2v) is 4.22. The molecule has 6 nitrogen and oxygen atoms in total. The highest BCUT2D eigenvalue weighted by Crippen LogP contribution is 2.07. The van der Waals surface area contributed by atoms with Crippen LogP contribution in [-0.4, -0.2) is 33.1 Å². The molecule has 2 heterocycles. The number of H-pyrrole nitrogens is 1. The summed E-state index contributed by atoms with van der Waals surface area (Å²) in [5.41, 5.74) is 0. The molecule has 0 atom stereocenters. The van der Waals surface area contributed by atoms with Gasteiger partial charge in [0.1, 0.15) is 0 Å². The highest BCUT2D eigenvalue weighted by atomic mass is 32.1. The van der Waals surface area contributed by atoms with E-state index in [9.17, 15) is 4.79 Å². The fourth-order valence-electron chi connectivity index (χ4n) is 1.24. The number of amides is 1. The van der Waals surface area contributed by atoms with E-state index in [0.717, 1.165) is 6.42 Å². The SMILES string of the molecule is O=C(Cc1nn[nH]n1)NCCc1cccs1. The Bertz CT molecular complexity index is 425. The van der Waals surface area contributed by atoms with Crippen LogP contribution in [0.5, 0.6) is 0 Å². The Labute approximate surface area is 96.1 Å². The van der Waals surface area contributed by atoms with Crippen LogP contribution in [0.1, 0.15) is 10.7 Å². The van der Waals surface area contributed by atoms with Crippen LogP contribution < -0.4 is 5.32 Å². The second kappa shape index (κ2) is 5.36. The zero-order valence-electron chi connectivity index (χ0n) is 8.51. The van der Waals surface area contributed by atoms with Gasteiger partial charge in [-0.2, -0.15) is 5.21 Å². The van der Waals surface area contributed by atoms with Crippen molar-refractivity contribution < 1.29 is 4.79 Å². The van der Waals surface area contributed by atoms with E-state index < -0.39 is 0 Å². The number of carbonyl (C=O) groups excluding carboxylic acids is 1. The highest BCUT2D eigenvalue weighted by Gasteiger charge is 2.06. The Morgan fingerprint density at radius 3 is 3.19 bits per heavy atom. The third kappa shape index (κ3) is 3.13. The summed E-state index contributed by atoms with van der Waals surface area (Å²) in [6.07, 6.45) is 1.02. The predicted octanol–water partition coefficient (Wildman–Crippen LogP) is 0.163. The molecule has 0 saturated heterocycles. The van der Waals surface area contributed by atoms with Gasteiger partial charge in [-0.1, -0.05) is 11.3 Å². The normalized spacial score (nSPS) is 10.2. The molecule has 0 bridgehead atoms. The first kappa shape index (κ1) is 10.7. The Balaban J connectivity index is 1.68. The molecule has 0 radical (unpaired) electrons. The third-order valence-electron chi connectivity index (χ3n) is 1.98. The van der Waals surface area contributed by atoms with Gasteiger partial charge in [-0.05, 0) is 17.9 Å². The third-order valence-corrected chi connectivity index (χ3v) is 2.92. The van der Waals surface area contributed by atoms with Crippen molar-refractivity contribution in [3.8, 4) is 0 Å². The molecule has 7 heteroatoms. The van der Waals surface area contributed by atoms with E-state index in [0.29, 0.717) is 12.4 Å². The van der Waals surface area contributed by atoms with Gasteiger partial charge in [0, 0.05) is 11.4 Å². The summed E-state index contributed by atoms with van der Waals surface area (Å²) in [6, 6.07) is 4.05. The monoisotopic (exact) mass is 237 g/mol. The molecule has 0 aliphatic carbocycles. The fourth-order valence-corrected chi connectivity index (χ4v) is 1.95. The van der Waals surface area contributed by atoms with Gasteiger partial charge in [0.15, 0.2) is 5.82 Å². The van der Waals surface area contributed by atoms with Gasteiger partial charge in [-0.3, -0.25) is 4.79 Å². The lowest BCUT2D eigenvalue weighted by atomic mass is 10.3. The molecule has 2 aromatic heterocycles. The second-order valence-electron chi connectivity index (χ2n) is 3.18. The van der Waals surface area contributed by atoms with Crippen LogP contribution in [0, 0.1) is 0 Å². The summed E-state index contributed by atoms with van der Waals surface area (Å²) in [6.45, 7) is 0.636. The van der Waals surface area contributed by atoms with Crippen molar-refractivity contribution in [2.75, 3.05) is 6.54 Å². The predicted molar refractivity (Wildman–Crippen MR) is 58.9 cm³/mol. The van der Waals surface area contributed by atoms with Crippen molar-refractivity contribution >= 4 is 17.2 Å². The van der Waals surface area contributed by atoms with Crippen LogP contribution in [0.25, 0.3) is 0 Å². The number of thiophene rings is 1. The van der Waals surface area contributed by atoms with Crippen LogP contribution in [0.4, 0.5) is 0 Å². The summed E-state index contributed by atoms with van der Waals surface area (Å²) < 4.78 is 0. The van der Waals surface area contributed by atoms with E-state index in [1.54, 1.807) is 11.3 Å². The minimum Gasteiger partial charge on any atom is -0.355 e. The van der Waals surface area contributed by atoms with Crippen LogP contribution in [0.15, 0.2) is 17.5 Å². The van der Waals surface area contributed by atoms with Gasteiger partial charge in [0.25, 0.3) is 0 Å². The van der Waals surface area contributed by atoms with Crippen molar-refractivity contribution in [3.63, 3.8) is 0 Å². The fraction of sp³-hybridized carbons (Fsp3) is 0.333. The summed E-state index contributed by atoms with van der Waals surface area (Å²) in [5.74, 6) is 0.326. The van der Waals surface area contributed by atoms with Gasteiger partial charge >= 0.3 is 0 Å². The minimum absolute atomic E-state index is 0.0852. The number of nitrogens with one attached hydrogen (secondary N) is 2. The molecular weight excluding hydrogens is 226 g/mol. The zero-order chi connectivity index (χ0) is 11.2. The van der Waals surface area contributed by atoms with E-state index in [-0.39, 0.29) is 12.3 Å². The number of tetrazole rings is 1. The first-order chi connectivity index (χ1) is 7.84. The molecule has 1 amide bonds. The molecule has 0 fully saturated rings. The molecule has 0 aliphatic heterocycles. The summed E-state index contributed by atoms with van der Waals surface area (Å²) in [7, 11) is 0. The molecule has 16 heavy (non-hydrogen) atoms. The quantitative estimate of drug-likeness (QED) is 0.776. The number of nitrogens with zero attached hydrogens (tertiary/aromatic N) is 3. The molecule has 0 aromatic carbocycles. The topological polar surface area (TPSA) is 83.6 Å². The highest BCUT2D eigenvalue weighted by molar-refractivity contribution is 7.09. The van der Waals surface area contributed by atoms with E-state index in [2.05, 4.69) is 32.0 Å². The number of aromatic amines is 1. The van der Waals surface area contributed by atoms with Gasteiger partial charge in [-0.15, -0.1) is 21.5 Å². The van der Waals surface area contributed by atoms with E-state index >= 15 is 0 Å². The van der Waals surface area contributed by atoms with Gasteiger partial charge < -0.3 is 5.32 Å². The number of hydrogen-bond donors (Lipinski definition) is 2. The van der Waals surface area contributed by atoms with Gasteiger partial charge in [-0.25, -0.2) is 0 Å². The maximum Gasteiger partial charge on any atom is 0.227 e. The van der Waals surface area contributed by atoms with Crippen molar-refractivity contribution in [2.45, 2.75) is 12.8 Å². The largest absolute Gasteiger partial charge is 0.355 e. The first-order valence-electron chi connectivity index (χ1n) is 4.86. The Hall–Kier alpha value is -1.76. The summed E-state index contributed by atoms with van der Waals surface area (Å²) >= 11 is 1.69. The van der Waals surface area contributed by atoms with E-state index in [4.69, 9.17) is 0 Å². The molecule has 0 aliphatic rings. The molecule has 2 N–H and O–H groups in total. The lowest BCUT2D eigenvalue weighted by Crippen LogP contribution is -2.27. The minimum atomic E-state index is -0.0852. The molecule has 0 unspecified atom stereocenters. The van der Waals surface area contributed by atoms with E-state index in [1.165, 1.54) is 4.88 Å². The molecule has 84 valence electrons. The molecule has 2 aromatic rings. The maximum absolute atomic E-state index is 11.4. The lowest BCUT2D eigenvalue weighted by molar-refractivity contribution is -0.120. The lowest BCUT2D eigenvalue weighted by Gasteiger charge is -2.01. The average molecular weight is 237 g/mol. The van der Waals surface area contributed by atoms with Crippen molar-refractivity contribution in [1.82, 2.24) is 25.9 Å². The number of aromatic nitrogens is 4. The van der Waals surface area contributed by atoms with Crippen LogP contribution in [-0.2, 0) is 17.6 Å². The van der Waals surface area contributed by atoms with Crippen LogP contribution in [0.2, 0.25) is 0 Å². The Morgan fingerprint density at radius 2 is 2.50 bits per heavy atom. The molecular formula is C9H11N5OS. The summed E-state index contributed by atoms with van der Waals surface area (Å²) in [5, 5.41) is 17.9. The zero-order valence-corrected chi connectivity index (χ0v) is 9.33. The van der Waals surface area contributed by atoms with Crippen LogP contribution in [0.3, 0.4) is 0 Å². The molecule has 2 rings (SSSR count). The Kier molecular flexibility index (Phi) is 3.60. The molecule has 0 spiro atoms. The van der Waals surface area contributed by atoms with Crippen molar-refractivity contribution in [1.29, 1.82) is 0 Å². The number of carbonyl (C=O) groups is 1. The smallest absolute Gasteiger partial charge is 0.227 e. The van der Waals surface area contributed by atoms with Crippen LogP contribution >= 0.6 is 11.3 Å². The van der Waals surface area contributed by atoms with Crippen molar-refractivity contribution in [3.05, 3.63) is 28.2 Å². The Morgan fingerprint density at radius 1 is 1.56 bits per heavy atom. The summed E-state index contributed by atoms with van der Waals surface area (Å²) in [4.78, 5) is 12.7. The average Bonchev–Trinajstić information content (AvgIpc) is 2.90. The van der Waals surface area contributed by atoms with Crippen molar-refractivity contribution in [2.24, 2.45) is 0 Å². The first-order valence-corrected chi connectivity index (χ1v) is 5.74. The van der Waals surface area contributed by atoms with Gasteiger partial charge in [0.05, 0.1) is 6.42 Å². The maximum atomic E-state index is 11.4. The number of hydrogen-bond acceptors (Lipinski definition) is 5. The van der Waals surface area contributed by atoms with Gasteiger partial charge in [0.2, 0.25) is 5.91 Å². The van der Waals surface area contributed by atoms with E-state index in [1.807, 2.05) is 11.4 Å².